The maximum Gasteiger partial charge on any atom is 0.337 e. The number of amides is 1. The average Bonchev–Trinajstić information content (AvgIpc) is 2.67. The van der Waals surface area contributed by atoms with Gasteiger partial charge in [0.25, 0.3) is 5.91 Å². The summed E-state index contributed by atoms with van der Waals surface area (Å²) in [7, 11) is 0. The summed E-state index contributed by atoms with van der Waals surface area (Å²) in [5, 5.41) is 17.9. The van der Waals surface area contributed by atoms with Crippen molar-refractivity contribution < 1.29 is 14.7 Å². The van der Waals surface area contributed by atoms with Gasteiger partial charge in [-0.15, -0.1) is 0 Å². The molecule has 1 N–H and O–H groups in total. The quantitative estimate of drug-likeness (QED) is 0.930. The van der Waals surface area contributed by atoms with Crippen LogP contribution in [0.25, 0.3) is 0 Å². The fourth-order valence-corrected chi connectivity index (χ4v) is 3.10. The zero-order chi connectivity index (χ0) is 17.8. The summed E-state index contributed by atoms with van der Waals surface area (Å²) >= 11 is 0. The van der Waals surface area contributed by atoms with Crippen LogP contribution in [0.5, 0.6) is 0 Å². The number of aromatic nitrogens is 1. The minimum absolute atomic E-state index is 0.0123. The van der Waals surface area contributed by atoms with E-state index in [-0.39, 0.29) is 11.5 Å². The second-order valence-electron chi connectivity index (χ2n) is 6.07. The molecule has 0 radical (unpaired) electrons. The Morgan fingerprint density at radius 1 is 1.12 bits per heavy atom. The Morgan fingerprint density at radius 3 is 2.36 bits per heavy atom. The summed E-state index contributed by atoms with van der Waals surface area (Å²) in [4.78, 5) is 29.2. The fourth-order valence-electron chi connectivity index (χ4n) is 3.10. The Balaban J connectivity index is 1.65. The largest absolute Gasteiger partial charge is 0.478 e. The van der Waals surface area contributed by atoms with E-state index >= 15 is 0 Å². The highest BCUT2D eigenvalue weighted by molar-refractivity contribution is 5.97. The molecule has 1 aromatic carbocycles. The molecule has 6 nitrogen and oxygen atoms in total. The highest BCUT2D eigenvalue weighted by Crippen LogP contribution is 2.28. The molecule has 0 saturated carbocycles. The van der Waals surface area contributed by atoms with Crippen molar-refractivity contribution in [2.45, 2.75) is 18.8 Å². The minimum atomic E-state index is -1.10. The van der Waals surface area contributed by atoms with Gasteiger partial charge in [0.1, 0.15) is 0 Å². The van der Waals surface area contributed by atoms with Gasteiger partial charge in [0.15, 0.2) is 0 Å². The third kappa shape index (κ3) is 3.66. The number of piperidine rings is 1. The van der Waals surface area contributed by atoms with Crippen LogP contribution < -0.4 is 0 Å². The molecule has 1 fully saturated rings. The number of carbonyl (C=O) groups excluding carboxylic acids is 1. The Kier molecular flexibility index (Phi) is 4.75. The highest BCUT2D eigenvalue weighted by atomic mass is 16.4. The number of likely N-dealkylation sites (tertiary alicyclic amines) is 1. The van der Waals surface area contributed by atoms with Gasteiger partial charge in [0.05, 0.1) is 22.8 Å². The first kappa shape index (κ1) is 16.7. The van der Waals surface area contributed by atoms with Gasteiger partial charge in [0.2, 0.25) is 0 Å². The number of carboxylic acid groups (broad SMARTS) is 1. The first-order chi connectivity index (χ1) is 12.1. The number of carbonyl (C=O) groups is 2. The van der Waals surface area contributed by atoms with Gasteiger partial charge in [-0.1, -0.05) is 12.1 Å². The maximum atomic E-state index is 12.6. The van der Waals surface area contributed by atoms with Crippen molar-refractivity contribution in [3.63, 3.8) is 0 Å². The van der Waals surface area contributed by atoms with Crippen LogP contribution in [-0.4, -0.2) is 40.0 Å². The minimum Gasteiger partial charge on any atom is -0.478 e. The van der Waals surface area contributed by atoms with Crippen molar-refractivity contribution in [3.05, 3.63) is 65.0 Å². The molecule has 1 amide bonds. The SMILES string of the molecule is N#Cc1ccc(C2CCN(C(=O)c3cncc(C(=O)O)c3)CC2)cc1. The number of hydrogen-bond acceptors (Lipinski definition) is 4. The van der Waals surface area contributed by atoms with Crippen LogP contribution in [0.3, 0.4) is 0 Å². The molecule has 6 heteroatoms. The van der Waals surface area contributed by atoms with E-state index < -0.39 is 5.97 Å². The molecular formula is C19H17N3O3. The van der Waals surface area contributed by atoms with Crippen LogP contribution in [0, 0.1) is 11.3 Å². The lowest BCUT2D eigenvalue weighted by Crippen LogP contribution is -2.38. The summed E-state index contributed by atoms with van der Waals surface area (Å²) in [6.07, 6.45) is 4.31. The van der Waals surface area contributed by atoms with Gasteiger partial charge in [-0.05, 0) is 42.5 Å². The Morgan fingerprint density at radius 2 is 1.76 bits per heavy atom. The number of benzene rings is 1. The standard InChI is InChI=1S/C19H17N3O3/c20-10-13-1-3-14(4-2-13)15-5-7-22(8-6-15)18(23)16-9-17(19(24)25)12-21-11-16/h1-4,9,11-12,15H,5-8H2,(H,24,25). The van der Waals surface area contributed by atoms with E-state index in [0.29, 0.717) is 30.1 Å². The lowest BCUT2D eigenvalue weighted by atomic mass is 9.89. The molecule has 1 saturated heterocycles. The molecule has 2 aromatic rings. The average molecular weight is 335 g/mol. The summed E-state index contributed by atoms with van der Waals surface area (Å²) in [6.45, 7) is 1.22. The van der Waals surface area contributed by atoms with Gasteiger partial charge < -0.3 is 10.0 Å². The molecule has 0 spiro atoms. The van der Waals surface area contributed by atoms with Crippen LogP contribution in [0.2, 0.25) is 0 Å². The molecule has 0 aliphatic carbocycles. The summed E-state index contributed by atoms with van der Waals surface area (Å²) in [6, 6.07) is 11.1. The molecule has 3 rings (SSSR count). The lowest BCUT2D eigenvalue weighted by Gasteiger charge is -2.32. The zero-order valence-electron chi connectivity index (χ0n) is 13.6. The topological polar surface area (TPSA) is 94.3 Å². The Hall–Kier alpha value is -3.20. The van der Waals surface area contributed by atoms with Gasteiger partial charge in [0, 0.05) is 25.5 Å². The zero-order valence-corrected chi connectivity index (χ0v) is 13.6. The van der Waals surface area contributed by atoms with Gasteiger partial charge >= 0.3 is 5.97 Å². The second-order valence-corrected chi connectivity index (χ2v) is 6.07. The number of rotatable bonds is 3. The summed E-state index contributed by atoms with van der Waals surface area (Å²) in [5.41, 5.74) is 2.14. The monoisotopic (exact) mass is 335 g/mol. The van der Waals surface area contributed by atoms with Gasteiger partial charge in [-0.2, -0.15) is 5.26 Å². The normalized spacial score (nSPS) is 14.8. The first-order valence-corrected chi connectivity index (χ1v) is 8.06. The number of pyridine rings is 1. The van der Waals surface area contributed by atoms with Crippen molar-refractivity contribution in [3.8, 4) is 6.07 Å². The number of aromatic carboxylic acids is 1. The smallest absolute Gasteiger partial charge is 0.337 e. The highest BCUT2D eigenvalue weighted by Gasteiger charge is 2.25. The fraction of sp³-hybridized carbons (Fsp3) is 0.263. The van der Waals surface area contributed by atoms with Crippen LogP contribution in [0.4, 0.5) is 0 Å². The van der Waals surface area contributed by atoms with Crippen LogP contribution in [0.1, 0.15) is 50.6 Å². The van der Waals surface area contributed by atoms with E-state index in [1.807, 2.05) is 24.3 Å². The summed E-state index contributed by atoms with van der Waals surface area (Å²) < 4.78 is 0. The number of nitrogens with zero attached hydrogens (tertiary/aromatic N) is 3. The van der Waals surface area contributed by atoms with Gasteiger partial charge in [-0.3, -0.25) is 9.78 Å². The molecule has 1 aliphatic rings. The molecule has 126 valence electrons. The third-order valence-electron chi connectivity index (χ3n) is 4.53. The molecule has 2 heterocycles. The van der Waals surface area contributed by atoms with Crippen LogP contribution in [0.15, 0.2) is 42.7 Å². The molecule has 0 bridgehead atoms. The van der Waals surface area contributed by atoms with E-state index in [9.17, 15) is 9.59 Å². The van der Waals surface area contributed by atoms with Crippen molar-refractivity contribution in [1.29, 1.82) is 5.26 Å². The Bertz CT molecular complexity index is 832. The molecule has 0 atom stereocenters. The van der Waals surface area contributed by atoms with Crippen LogP contribution >= 0.6 is 0 Å². The van der Waals surface area contributed by atoms with Gasteiger partial charge in [-0.25, -0.2) is 4.79 Å². The van der Waals surface area contributed by atoms with E-state index in [2.05, 4.69) is 11.1 Å². The number of nitriles is 1. The second kappa shape index (κ2) is 7.14. The van der Waals surface area contributed by atoms with Crippen molar-refractivity contribution in [2.75, 3.05) is 13.1 Å². The first-order valence-electron chi connectivity index (χ1n) is 8.06. The Labute approximate surface area is 145 Å². The molecule has 0 unspecified atom stereocenters. The molecular weight excluding hydrogens is 318 g/mol. The van der Waals surface area contributed by atoms with E-state index in [0.717, 1.165) is 12.8 Å². The third-order valence-corrected chi connectivity index (χ3v) is 4.53. The summed E-state index contributed by atoms with van der Waals surface area (Å²) in [5.74, 6) is -0.921. The van der Waals surface area contributed by atoms with E-state index in [1.54, 1.807) is 4.90 Å². The molecule has 25 heavy (non-hydrogen) atoms. The maximum absolute atomic E-state index is 12.6. The van der Waals surface area contributed by atoms with Crippen LogP contribution in [-0.2, 0) is 0 Å². The number of carboxylic acids is 1. The predicted molar refractivity (Wildman–Crippen MR) is 90.2 cm³/mol. The van der Waals surface area contributed by atoms with Crippen molar-refractivity contribution in [1.82, 2.24) is 9.88 Å². The predicted octanol–water partition coefficient (Wildman–Crippen LogP) is 2.67. The van der Waals surface area contributed by atoms with E-state index in [4.69, 9.17) is 10.4 Å². The number of hydrogen-bond donors (Lipinski definition) is 1. The van der Waals surface area contributed by atoms with Crippen molar-refractivity contribution in [2.24, 2.45) is 0 Å². The molecule has 1 aromatic heterocycles. The lowest BCUT2D eigenvalue weighted by molar-refractivity contribution is 0.0696. The molecule has 1 aliphatic heterocycles. The van der Waals surface area contributed by atoms with E-state index in [1.165, 1.54) is 24.0 Å². The van der Waals surface area contributed by atoms with Crippen molar-refractivity contribution >= 4 is 11.9 Å².